The number of rotatable bonds is 9. The molecule has 0 bridgehead atoms. The molecule has 8 heteroatoms. The summed E-state index contributed by atoms with van der Waals surface area (Å²) in [6.45, 7) is 1.33. The molecule has 1 unspecified atom stereocenters. The predicted octanol–water partition coefficient (Wildman–Crippen LogP) is -0.212. The molecule has 0 aromatic heterocycles. The fourth-order valence-electron chi connectivity index (χ4n) is 1.87. The van der Waals surface area contributed by atoms with Gasteiger partial charge in [-0.05, 0) is 18.9 Å². The summed E-state index contributed by atoms with van der Waals surface area (Å²) in [5.74, 6) is -2.60. The van der Waals surface area contributed by atoms with Gasteiger partial charge in [0.2, 0.25) is 5.91 Å². The third kappa shape index (κ3) is 6.76. The van der Waals surface area contributed by atoms with E-state index in [4.69, 9.17) is 15.6 Å². The van der Waals surface area contributed by atoms with Gasteiger partial charge in [-0.2, -0.15) is 0 Å². The molecule has 1 aromatic carbocycles. The Morgan fingerprint density at radius 2 is 1.88 bits per heavy atom. The number of carboxylic acids is 1. The molecule has 0 saturated carbocycles. The number of aliphatic hydroxyl groups is 1. The Labute approximate surface area is 139 Å². The number of benzene rings is 1. The maximum absolute atomic E-state index is 12.1. The Balaban J connectivity index is 2.57. The first-order chi connectivity index (χ1) is 11.3. The number of amides is 1. The SMILES string of the molecule is CC(O)[C@H](NC(=O)[C@@H](N)CCC(=O)O)C(=O)OCc1ccccc1. The van der Waals surface area contributed by atoms with E-state index in [0.717, 1.165) is 5.56 Å². The highest BCUT2D eigenvalue weighted by molar-refractivity contribution is 5.88. The molecule has 0 radical (unpaired) electrons. The van der Waals surface area contributed by atoms with Gasteiger partial charge in [0, 0.05) is 6.42 Å². The van der Waals surface area contributed by atoms with E-state index < -0.39 is 36.0 Å². The minimum Gasteiger partial charge on any atom is -0.481 e. The number of hydrogen-bond donors (Lipinski definition) is 4. The van der Waals surface area contributed by atoms with Crippen LogP contribution in [0.4, 0.5) is 0 Å². The van der Waals surface area contributed by atoms with E-state index in [0.29, 0.717) is 0 Å². The number of aliphatic carboxylic acids is 1. The Morgan fingerprint density at radius 3 is 2.42 bits per heavy atom. The Morgan fingerprint density at radius 1 is 1.25 bits per heavy atom. The van der Waals surface area contributed by atoms with Crippen molar-refractivity contribution in [2.75, 3.05) is 0 Å². The van der Waals surface area contributed by atoms with Gasteiger partial charge in [0.25, 0.3) is 0 Å². The van der Waals surface area contributed by atoms with Crippen LogP contribution in [0.2, 0.25) is 0 Å². The molecule has 0 aliphatic rings. The van der Waals surface area contributed by atoms with E-state index in [1.165, 1.54) is 6.92 Å². The molecule has 5 N–H and O–H groups in total. The zero-order valence-electron chi connectivity index (χ0n) is 13.3. The second-order valence-corrected chi connectivity index (χ2v) is 5.36. The lowest BCUT2D eigenvalue weighted by molar-refractivity contribution is -0.152. The highest BCUT2D eigenvalue weighted by Gasteiger charge is 2.29. The van der Waals surface area contributed by atoms with Gasteiger partial charge in [-0.3, -0.25) is 9.59 Å². The summed E-state index contributed by atoms with van der Waals surface area (Å²) < 4.78 is 5.08. The molecule has 0 spiro atoms. The maximum atomic E-state index is 12.1. The number of carboxylic acid groups (broad SMARTS) is 1. The van der Waals surface area contributed by atoms with Crippen LogP contribution in [0, 0.1) is 0 Å². The molecule has 1 amide bonds. The second kappa shape index (κ2) is 9.64. The molecule has 0 heterocycles. The predicted molar refractivity (Wildman–Crippen MR) is 84.7 cm³/mol. The van der Waals surface area contributed by atoms with Crippen molar-refractivity contribution in [1.82, 2.24) is 5.32 Å². The van der Waals surface area contributed by atoms with Crippen LogP contribution in [0.15, 0.2) is 30.3 Å². The Hall–Kier alpha value is -2.45. The molecule has 1 rings (SSSR count). The van der Waals surface area contributed by atoms with E-state index in [1.807, 2.05) is 6.07 Å². The molecule has 1 aromatic rings. The maximum Gasteiger partial charge on any atom is 0.331 e. The fourth-order valence-corrected chi connectivity index (χ4v) is 1.87. The van der Waals surface area contributed by atoms with Crippen molar-refractivity contribution in [3.05, 3.63) is 35.9 Å². The van der Waals surface area contributed by atoms with Gasteiger partial charge in [-0.15, -0.1) is 0 Å². The number of carbonyl (C=O) groups excluding carboxylic acids is 2. The summed E-state index contributed by atoms with van der Waals surface area (Å²) in [6.07, 6.45) is -1.54. The van der Waals surface area contributed by atoms with Crippen molar-refractivity contribution in [1.29, 1.82) is 0 Å². The van der Waals surface area contributed by atoms with Crippen LogP contribution in [0.5, 0.6) is 0 Å². The lowest BCUT2D eigenvalue weighted by Gasteiger charge is -2.22. The molecule has 0 aliphatic carbocycles. The summed E-state index contributed by atoms with van der Waals surface area (Å²) in [7, 11) is 0. The van der Waals surface area contributed by atoms with Crippen molar-refractivity contribution in [3.63, 3.8) is 0 Å². The van der Waals surface area contributed by atoms with Gasteiger partial charge in [0.1, 0.15) is 6.61 Å². The van der Waals surface area contributed by atoms with Crippen molar-refractivity contribution in [3.8, 4) is 0 Å². The number of hydrogen-bond acceptors (Lipinski definition) is 6. The normalized spacial score (nSPS) is 14.3. The van der Waals surface area contributed by atoms with Crippen LogP contribution in [0.3, 0.4) is 0 Å². The number of ether oxygens (including phenoxy) is 1. The number of aliphatic hydroxyl groups excluding tert-OH is 1. The molecule has 24 heavy (non-hydrogen) atoms. The molecular weight excluding hydrogens is 316 g/mol. The van der Waals surface area contributed by atoms with Gasteiger partial charge in [-0.1, -0.05) is 30.3 Å². The lowest BCUT2D eigenvalue weighted by Crippen LogP contribution is -2.53. The molecule has 3 atom stereocenters. The van der Waals surface area contributed by atoms with Crippen LogP contribution in [0.1, 0.15) is 25.3 Å². The van der Waals surface area contributed by atoms with E-state index in [2.05, 4.69) is 5.32 Å². The molecule has 0 fully saturated rings. The molecular formula is C16H22N2O6. The molecule has 0 saturated heterocycles. The minimum atomic E-state index is -1.28. The largest absolute Gasteiger partial charge is 0.481 e. The van der Waals surface area contributed by atoms with E-state index in [-0.39, 0.29) is 19.4 Å². The quantitative estimate of drug-likeness (QED) is 0.457. The van der Waals surface area contributed by atoms with Crippen LogP contribution in [-0.2, 0) is 25.7 Å². The van der Waals surface area contributed by atoms with Crippen LogP contribution >= 0.6 is 0 Å². The standard InChI is InChI=1S/C16H22N2O6/c1-10(19)14(18-15(22)12(17)7-8-13(20)21)16(23)24-9-11-5-3-2-4-6-11/h2-6,10,12,14,19H,7-9,17H2,1H3,(H,18,22)(H,20,21)/t10?,12-,14-/m0/s1. The zero-order valence-corrected chi connectivity index (χ0v) is 13.3. The summed E-state index contributed by atoms with van der Waals surface area (Å²) >= 11 is 0. The summed E-state index contributed by atoms with van der Waals surface area (Å²) in [5.41, 5.74) is 6.33. The highest BCUT2D eigenvalue weighted by Crippen LogP contribution is 2.05. The number of nitrogens with one attached hydrogen (secondary N) is 1. The van der Waals surface area contributed by atoms with E-state index in [9.17, 15) is 19.5 Å². The molecule has 8 nitrogen and oxygen atoms in total. The summed E-state index contributed by atoms with van der Waals surface area (Å²) in [4.78, 5) is 34.4. The monoisotopic (exact) mass is 338 g/mol. The number of carbonyl (C=O) groups is 3. The number of esters is 1. The van der Waals surface area contributed by atoms with Gasteiger partial charge < -0.3 is 26.0 Å². The zero-order chi connectivity index (χ0) is 18.1. The summed E-state index contributed by atoms with van der Waals surface area (Å²) in [6, 6.07) is 6.57. The van der Waals surface area contributed by atoms with Gasteiger partial charge in [-0.25, -0.2) is 4.79 Å². The fraction of sp³-hybridized carbons (Fsp3) is 0.438. The highest BCUT2D eigenvalue weighted by atomic mass is 16.5. The number of nitrogens with two attached hydrogens (primary N) is 1. The smallest absolute Gasteiger partial charge is 0.331 e. The van der Waals surface area contributed by atoms with Crippen molar-refractivity contribution in [2.45, 2.75) is 44.6 Å². The van der Waals surface area contributed by atoms with Gasteiger partial charge >= 0.3 is 11.9 Å². The van der Waals surface area contributed by atoms with E-state index in [1.54, 1.807) is 24.3 Å². The van der Waals surface area contributed by atoms with Crippen molar-refractivity contribution < 1.29 is 29.3 Å². The average Bonchev–Trinajstić information content (AvgIpc) is 2.55. The first kappa shape index (κ1) is 19.6. The van der Waals surface area contributed by atoms with Crippen LogP contribution in [-0.4, -0.2) is 46.2 Å². The van der Waals surface area contributed by atoms with E-state index >= 15 is 0 Å². The topological polar surface area (TPSA) is 139 Å². The second-order valence-electron chi connectivity index (χ2n) is 5.36. The lowest BCUT2D eigenvalue weighted by atomic mass is 10.1. The molecule has 0 aliphatic heterocycles. The van der Waals surface area contributed by atoms with Crippen molar-refractivity contribution in [2.24, 2.45) is 5.73 Å². The third-order valence-electron chi connectivity index (χ3n) is 3.26. The average molecular weight is 338 g/mol. The third-order valence-corrected chi connectivity index (χ3v) is 3.26. The first-order valence-corrected chi connectivity index (χ1v) is 7.47. The Bertz CT molecular complexity index is 561. The molecule has 132 valence electrons. The van der Waals surface area contributed by atoms with Crippen LogP contribution < -0.4 is 11.1 Å². The summed E-state index contributed by atoms with van der Waals surface area (Å²) in [5, 5.41) is 20.6. The van der Waals surface area contributed by atoms with Gasteiger partial charge in [0.05, 0.1) is 12.1 Å². The minimum absolute atomic E-state index is 0.00380. The van der Waals surface area contributed by atoms with Crippen molar-refractivity contribution >= 4 is 17.8 Å². The van der Waals surface area contributed by atoms with Crippen LogP contribution in [0.25, 0.3) is 0 Å². The first-order valence-electron chi connectivity index (χ1n) is 7.47. The Kier molecular flexibility index (Phi) is 7.87. The van der Waals surface area contributed by atoms with Gasteiger partial charge in [0.15, 0.2) is 6.04 Å².